The number of amides is 1. The summed E-state index contributed by atoms with van der Waals surface area (Å²) >= 11 is 5.98. The summed E-state index contributed by atoms with van der Waals surface area (Å²) in [7, 11) is 0. The van der Waals surface area contributed by atoms with E-state index in [9.17, 15) is 14.3 Å². The van der Waals surface area contributed by atoms with Gasteiger partial charge in [0.2, 0.25) is 0 Å². The second-order valence-corrected chi connectivity index (χ2v) is 9.06. The monoisotopic (exact) mass is 472 g/mol. The Bertz CT molecular complexity index is 1180. The number of aliphatic hydroxyl groups is 1. The molecule has 2 N–H and O–H groups in total. The molecule has 0 fully saturated rings. The summed E-state index contributed by atoms with van der Waals surface area (Å²) in [5.41, 5.74) is 0.261. The van der Waals surface area contributed by atoms with Crippen LogP contribution in [0.5, 0.6) is 0 Å². The first-order valence-corrected chi connectivity index (χ1v) is 10.8. The lowest BCUT2D eigenvalue weighted by atomic mass is 10.1. The average molecular weight is 473 g/mol. The summed E-state index contributed by atoms with van der Waals surface area (Å²) in [6.07, 6.45) is 3.94. The number of nitrogens with one attached hydrogen (secondary N) is 1. The second-order valence-electron chi connectivity index (χ2n) is 8.65. The molecule has 2 heterocycles. The molecule has 174 valence electrons. The van der Waals surface area contributed by atoms with Crippen molar-refractivity contribution in [1.29, 1.82) is 5.26 Å². The first kappa shape index (κ1) is 24.4. The van der Waals surface area contributed by atoms with Crippen molar-refractivity contribution in [3.63, 3.8) is 0 Å². The first-order chi connectivity index (χ1) is 15.5. The van der Waals surface area contributed by atoms with Gasteiger partial charge in [0.15, 0.2) is 0 Å². The van der Waals surface area contributed by atoms with E-state index < -0.39 is 11.4 Å². The molecule has 0 bridgehead atoms. The van der Waals surface area contributed by atoms with Crippen molar-refractivity contribution in [2.45, 2.75) is 58.8 Å². The highest BCUT2D eigenvalue weighted by atomic mass is 35.5. The van der Waals surface area contributed by atoms with Gasteiger partial charge in [-0.15, -0.1) is 0 Å². The van der Waals surface area contributed by atoms with Crippen LogP contribution in [0.1, 0.15) is 49.1 Å². The zero-order valence-corrected chi connectivity index (χ0v) is 19.7. The standard InChI is InChI=1S/C23H26ClFN6O2/c1-14(27-22(32)21-13-30(15(2)28-21)8-6-23(3,4)33)12-31-7-5-20(29-31)16-9-18(24)17(11-26)19(25)10-16/h5,7,9-10,13-14,33H,6,8,12H2,1-4H3,(H,27,32). The molecular weight excluding hydrogens is 447 g/mol. The van der Waals surface area contributed by atoms with Crippen molar-refractivity contribution in [2.75, 3.05) is 0 Å². The van der Waals surface area contributed by atoms with Crippen LogP contribution in [0.3, 0.4) is 0 Å². The number of rotatable bonds is 8. The molecule has 1 atom stereocenters. The van der Waals surface area contributed by atoms with E-state index in [1.54, 1.807) is 43.1 Å². The van der Waals surface area contributed by atoms with Gasteiger partial charge in [-0.25, -0.2) is 9.37 Å². The molecule has 1 unspecified atom stereocenters. The van der Waals surface area contributed by atoms with Crippen LogP contribution < -0.4 is 5.32 Å². The Labute approximate surface area is 196 Å². The summed E-state index contributed by atoms with van der Waals surface area (Å²) in [4.78, 5) is 16.9. The van der Waals surface area contributed by atoms with Crippen molar-refractivity contribution < 1.29 is 14.3 Å². The fraction of sp³-hybridized carbons (Fsp3) is 0.391. The van der Waals surface area contributed by atoms with Crippen molar-refractivity contribution in [2.24, 2.45) is 0 Å². The minimum atomic E-state index is -0.800. The fourth-order valence-electron chi connectivity index (χ4n) is 3.31. The number of benzene rings is 1. The summed E-state index contributed by atoms with van der Waals surface area (Å²) < 4.78 is 17.5. The van der Waals surface area contributed by atoms with Crippen LogP contribution >= 0.6 is 11.6 Å². The zero-order chi connectivity index (χ0) is 24.3. The van der Waals surface area contributed by atoms with Gasteiger partial charge < -0.3 is 15.0 Å². The minimum absolute atomic E-state index is 0.0277. The molecule has 0 aliphatic carbocycles. The predicted molar refractivity (Wildman–Crippen MR) is 122 cm³/mol. The number of carbonyl (C=O) groups excluding carboxylic acids is 1. The molecule has 1 amide bonds. The molecule has 8 nitrogen and oxygen atoms in total. The Hall–Kier alpha value is -3.22. The number of aromatic nitrogens is 4. The van der Waals surface area contributed by atoms with Crippen LogP contribution in [0, 0.1) is 24.1 Å². The van der Waals surface area contributed by atoms with Gasteiger partial charge in [0, 0.05) is 30.5 Å². The maximum atomic E-state index is 14.0. The number of carbonyl (C=O) groups is 1. The molecule has 0 aliphatic heterocycles. The Morgan fingerprint density at radius 2 is 2.15 bits per heavy atom. The predicted octanol–water partition coefficient (Wildman–Crippen LogP) is 3.70. The first-order valence-electron chi connectivity index (χ1n) is 10.5. The van der Waals surface area contributed by atoms with Crippen molar-refractivity contribution in [1.82, 2.24) is 24.6 Å². The molecule has 3 aromatic rings. The van der Waals surface area contributed by atoms with Gasteiger partial charge in [-0.3, -0.25) is 9.48 Å². The lowest BCUT2D eigenvalue weighted by molar-refractivity contribution is 0.0660. The summed E-state index contributed by atoms with van der Waals surface area (Å²) in [5, 5.41) is 26.2. The van der Waals surface area contributed by atoms with E-state index in [4.69, 9.17) is 16.9 Å². The Kier molecular flexibility index (Phi) is 7.20. The molecule has 1 aromatic carbocycles. The molecule has 0 saturated carbocycles. The highest BCUT2D eigenvalue weighted by Crippen LogP contribution is 2.26. The molecular formula is C23H26ClFN6O2. The van der Waals surface area contributed by atoms with E-state index in [1.807, 2.05) is 18.4 Å². The topological polar surface area (TPSA) is 109 Å². The van der Waals surface area contributed by atoms with Crippen LogP contribution in [0.4, 0.5) is 4.39 Å². The van der Waals surface area contributed by atoms with Gasteiger partial charge in [-0.1, -0.05) is 11.6 Å². The van der Waals surface area contributed by atoms with Crippen molar-refractivity contribution >= 4 is 17.5 Å². The lowest BCUT2D eigenvalue weighted by Crippen LogP contribution is -2.36. The molecule has 2 aromatic heterocycles. The molecule has 0 aliphatic rings. The Balaban J connectivity index is 1.63. The smallest absolute Gasteiger partial charge is 0.271 e. The van der Waals surface area contributed by atoms with Crippen LogP contribution in [0.25, 0.3) is 11.3 Å². The van der Waals surface area contributed by atoms with E-state index in [0.717, 1.165) is 0 Å². The summed E-state index contributed by atoms with van der Waals surface area (Å²) in [6, 6.07) is 5.90. The quantitative estimate of drug-likeness (QED) is 0.519. The normalized spacial score (nSPS) is 12.4. The third-order valence-corrected chi connectivity index (χ3v) is 5.40. The van der Waals surface area contributed by atoms with Crippen molar-refractivity contribution in [3.05, 3.63) is 58.5 Å². The molecule has 3 rings (SSSR count). The third kappa shape index (κ3) is 6.18. The molecule has 0 radical (unpaired) electrons. The number of imidazole rings is 1. The Morgan fingerprint density at radius 1 is 1.42 bits per heavy atom. The summed E-state index contributed by atoms with van der Waals surface area (Å²) in [6.45, 7) is 8.07. The molecule has 10 heteroatoms. The van der Waals surface area contributed by atoms with Gasteiger partial charge >= 0.3 is 0 Å². The largest absolute Gasteiger partial charge is 0.390 e. The highest BCUT2D eigenvalue weighted by Gasteiger charge is 2.18. The van der Waals surface area contributed by atoms with Gasteiger partial charge in [-0.2, -0.15) is 10.4 Å². The number of aryl methyl sites for hydroxylation is 2. The van der Waals surface area contributed by atoms with E-state index in [-0.39, 0.29) is 22.5 Å². The number of hydrogen-bond acceptors (Lipinski definition) is 5. The van der Waals surface area contributed by atoms with Gasteiger partial charge in [0.05, 0.1) is 22.9 Å². The van der Waals surface area contributed by atoms with Gasteiger partial charge in [0.1, 0.15) is 29.0 Å². The molecule has 0 spiro atoms. The average Bonchev–Trinajstić information content (AvgIpc) is 3.32. The van der Waals surface area contributed by atoms with E-state index in [1.165, 1.54) is 12.1 Å². The lowest BCUT2D eigenvalue weighted by Gasteiger charge is -2.17. The number of hydrogen-bond donors (Lipinski definition) is 2. The second kappa shape index (κ2) is 9.73. The van der Waals surface area contributed by atoms with Crippen molar-refractivity contribution in [3.8, 4) is 17.3 Å². The fourth-order valence-corrected chi connectivity index (χ4v) is 3.56. The maximum Gasteiger partial charge on any atom is 0.271 e. The van der Waals surface area contributed by atoms with E-state index >= 15 is 0 Å². The van der Waals surface area contributed by atoms with Gasteiger partial charge in [0.25, 0.3) is 5.91 Å². The SMILES string of the molecule is Cc1nc(C(=O)NC(C)Cn2ccc(-c3cc(F)c(C#N)c(Cl)c3)n2)cn1CCC(C)(C)O. The zero-order valence-electron chi connectivity index (χ0n) is 18.9. The van der Waals surface area contributed by atoms with E-state index in [0.29, 0.717) is 42.3 Å². The Morgan fingerprint density at radius 3 is 2.79 bits per heavy atom. The highest BCUT2D eigenvalue weighted by molar-refractivity contribution is 6.32. The summed E-state index contributed by atoms with van der Waals surface area (Å²) in [5.74, 6) is -0.310. The van der Waals surface area contributed by atoms with Crippen LogP contribution in [-0.2, 0) is 13.1 Å². The molecule has 33 heavy (non-hydrogen) atoms. The van der Waals surface area contributed by atoms with Gasteiger partial charge in [-0.05, 0) is 52.3 Å². The maximum absolute atomic E-state index is 14.0. The minimum Gasteiger partial charge on any atom is -0.390 e. The molecule has 0 saturated heterocycles. The van der Waals surface area contributed by atoms with Crippen LogP contribution in [-0.4, -0.2) is 42.0 Å². The number of nitriles is 1. The number of halogens is 2. The van der Waals surface area contributed by atoms with Crippen LogP contribution in [0.2, 0.25) is 5.02 Å². The number of nitrogens with zero attached hydrogens (tertiary/aromatic N) is 5. The van der Waals surface area contributed by atoms with Crippen LogP contribution in [0.15, 0.2) is 30.6 Å². The van der Waals surface area contributed by atoms with E-state index in [2.05, 4.69) is 15.4 Å². The third-order valence-electron chi connectivity index (χ3n) is 5.10.